The van der Waals surface area contributed by atoms with E-state index in [4.69, 9.17) is 17.2 Å². The minimum atomic E-state index is 0.719. The van der Waals surface area contributed by atoms with Crippen LogP contribution in [0.15, 0.2) is 0 Å². The summed E-state index contributed by atoms with van der Waals surface area (Å²) >= 11 is 6.89. The number of piperidine rings is 2. The number of aromatic nitrogens is 2. The van der Waals surface area contributed by atoms with Crippen LogP contribution in [-0.4, -0.2) is 36.1 Å². The summed E-state index contributed by atoms with van der Waals surface area (Å²) in [5, 5.41) is 1.07. The second-order valence-corrected chi connectivity index (χ2v) is 6.87. The molecule has 0 aromatic carbocycles. The van der Waals surface area contributed by atoms with E-state index >= 15 is 0 Å². The highest BCUT2D eigenvalue weighted by molar-refractivity contribution is 7.73. The number of hydrogen-bond donors (Lipinski definition) is 0. The lowest BCUT2D eigenvalue weighted by molar-refractivity contribution is 0.563. The Hall–Kier alpha value is -0.750. The van der Waals surface area contributed by atoms with E-state index < -0.39 is 0 Å². The van der Waals surface area contributed by atoms with Crippen LogP contribution < -0.4 is 9.80 Å². The third-order valence-electron chi connectivity index (χ3n) is 3.83. The van der Waals surface area contributed by atoms with Crippen LogP contribution in [0.5, 0.6) is 0 Å². The molecule has 19 heavy (non-hydrogen) atoms. The summed E-state index contributed by atoms with van der Waals surface area (Å²) in [4.78, 5) is 13.9. The highest BCUT2D eigenvalue weighted by atomic mass is 32.1. The fraction of sp³-hybridized carbons (Fsp3) is 0.769. The van der Waals surface area contributed by atoms with Gasteiger partial charge < -0.3 is 9.80 Å². The van der Waals surface area contributed by atoms with Crippen molar-refractivity contribution in [2.24, 2.45) is 0 Å². The molecule has 6 heteroatoms. The number of rotatable bonds is 2. The standard InChI is InChI=1S/C13H20N4S2/c18-13-15-11(16-7-3-1-4-8-16)14-12(19-13)17-9-5-2-6-10-17/h1-10H2. The lowest BCUT2D eigenvalue weighted by Gasteiger charge is -2.29. The van der Waals surface area contributed by atoms with Crippen molar-refractivity contribution in [3.05, 3.63) is 3.95 Å². The summed E-state index contributed by atoms with van der Waals surface area (Å²) < 4.78 is 0.719. The maximum Gasteiger partial charge on any atom is 0.230 e. The maximum atomic E-state index is 5.34. The van der Waals surface area contributed by atoms with Crippen molar-refractivity contribution in [1.29, 1.82) is 0 Å². The Morgan fingerprint density at radius 2 is 1.37 bits per heavy atom. The average Bonchev–Trinajstić information content (AvgIpc) is 2.48. The molecule has 0 spiro atoms. The molecule has 0 N–H and O–H groups in total. The van der Waals surface area contributed by atoms with Crippen LogP contribution in [0.25, 0.3) is 0 Å². The molecule has 0 unspecified atom stereocenters. The third kappa shape index (κ3) is 3.23. The Morgan fingerprint density at radius 1 is 0.789 bits per heavy atom. The summed E-state index contributed by atoms with van der Waals surface area (Å²) in [7, 11) is 0. The fourth-order valence-corrected chi connectivity index (χ4v) is 3.80. The highest BCUT2D eigenvalue weighted by Crippen LogP contribution is 2.25. The molecule has 2 aliphatic heterocycles. The van der Waals surface area contributed by atoms with Crippen LogP contribution in [0.1, 0.15) is 38.5 Å². The van der Waals surface area contributed by atoms with Crippen molar-refractivity contribution < 1.29 is 0 Å². The first-order valence-corrected chi connectivity index (χ1v) is 8.44. The quantitative estimate of drug-likeness (QED) is 0.782. The Bertz CT molecular complexity index is 437. The van der Waals surface area contributed by atoms with E-state index in [9.17, 15) is 0 Å². The van der Waals surface area contributed by atoms with Crippen molar-refractivity contribution >= 4 is 34.6 Å². The predicted octanol–water partition coefficient (Wildman–Crippen LogP) is 3.25. The number of anilines is 2. The second kappa shape index (κ2) is 6.13. The molecule has 0 aliphatic carbocycles. The van der Waals surface area contributed by atoms with E-state index in [0.717, 1.165) is 41.2 Å². The van der Waals surface area contributed by atoms with E-state index in [-0.39, 0.29) is 0 Å². The van der Waals surface area contributed by atoms with Gasteiger partial charge in [-0.3, -0.25) is 0 Å². The molecule has 0 radical (unpaired) electrons. The molecule has 1 aromatic rings. The summed E-state index contributed by atoms with van der Waals surface area (Å²) in [6.07, 6.45) is 7.68. The largest absolute Gasteiger partial charge is 0.348 e. The molecule has 2 fully saturated rings. The molecule has 0 atom stereocenters. The Morgan fingerprint density at radius 3 is 2.00 bits per heavy atom. The maximum absolute atomic E-state index is 5.34. The molecule has 2 saturated heterocycles. The predicted molar refractivity (Wildman–Crippen MR) is 82.9 cm³/mol. The first-order chi connectivity index (χ1) is 9.33. The first-order valence-electron chi connectivity index (χ1n) is 7.22. The van der Waals surface area contributed by atoms with Gasteiger partial charge >= 0.3 is 0 Å². The molecule has 1 aromatic heterocycles. The minimum Gasteiger partial charge on any atom is -0.348 e. The molecule has 0 amide bonds. The SMILES string of the molecule is S=c1nc(N2CCCCC2)nc(N2CCCCC2)s1. The third-order valence-corrected chi connectivity index (χ3v) is 4.97. The van der Waals surface area contributed by atoms with Gasteiger partial charge in [0.2, 0.25) is 5.95 Å². The van der Waals surface area contributed by atoms with E-state index in [1.165, 1.54) is 38.5 Å². The van der Waals surface area contributed by atoms with Crippen LogP contribution >= 0.6 is 23.6 Å². The van der Waals surface area contributed by atoms with Crippen LogP contribution in [0, 0.1) is 3.95 Å². The van der Waals surface area contributed by atoms with Crippen molar-refractivity contribution in [2.75, 3.05) is 36.0 Å². The Kier molecular flexibility index (Phi) is 4.28. The Labute approximate surface area is 123 Å². The van der Waals surface area contributed by atoms with Crippen LogP contribution in [0.2, 0.25) is 0 Å². The lowest BCUT2D eigenvalue weighted by atomic mass is 10.1. The number of nitrogens with zero attached hydrogens (tertiary/aromatic N) is 4. The lowest BCUT2D eigenvalue weighted by Crippen LogP contribution is -2.33. The smallest absolute Gasteiger partial charge is 0.230 e. The van der Waals surface area contributed by atoms with Gasteiger partial charge in [0, 0.05) is 26.2 Å². The zero-order valence-corrected chi connectivity index (χ0v) is 12.8. The molecule has 3 heterocycles. The van der Waals surface area contributed by atoms with Crippen LogP contribution in [0.4, 0.5) is 11.1 Å². The fourth-order valence-electron chi connectivity index (χ4n) is 2.77. The molecule has 0 saturated carbocycles. The minimum absolute atomic E-state index is 0.719. The number of hydrogen-bond acceptors (Lipinski definition) is 6. The molecular weight excluding hydrogens is 276 g/mol. The van der Waals surface area contributed by atoms with Crippen molar-refractivity contribution in [1.82, 2.24) is 9.97 Å². The zero-order chi connectivity index (χ0) is 13.1. The van der Waals surface area contributed by atoms with Gasteiger partial charge in [-0.05, 0) is 50.7 Å². The Balaban J connectivity index is 1.84. The van der Waals surface area contributed by atoms with E-state index in [1.807, 2.05) is 0 Å². The van der Waals surface area contributed by atoms with E-state index in [0.29, 0.717) is 0 Å². The summed E-state index contributed by atoms with van der Waals surface area (Å²) in [5.74, 6) is 0.851. The van der Waals surface area contributed by atoms with Crippen LogP contribution in [0.3, 0.4) is 0 Å². The van der Waals surface area contributed by atoms with Gasteiger partial charge in [-0.1, -0.05) is 11.3 Å². The van der Waals surface area contributed by atoms with Gasteiger partial charge in [-0.25, -0.2) is 0 Å². The van der Waals surface area contributed by atoms with E-state index in [2.05, 4.69) is 14.8 Å². The van der Waals surface area contributed by atoms with Gasteiger partial charge in [0.05, 0.1) is 0 Å². The highest BCUT2D eigenvalue weighted by Gasteiger charge is 2.18. The molecule has 2 aliphatic rings. The monoisotopic (exact) mass is 296 g/mol. The molecule has 104 valence electrons. The molecule has 4 nitrogen and oxygen atoms in total. The average molecular weight is 296 g/mol. The topological polar surface area (TPSA) is 32.3 Å². The first kappa shape index (κ1) is 13.2. The summed E-state index contributed by atoms with van der Waals surface area (Å²) in [6, 6.07) is 0. The zero-order valence-electron chi connectivity index (χ0n) is 11.2. The van der Waals surface area contributed by atoms with Gasteiger partial charge in [-0.2, -0.15) is 9.97 Å². The normalized spacial score (nSPS) is 20.6. The molecule has 0 bridgehead atoms. The van der Waals surface area contributed by atoms with Gasteiger partial charge in [-0.15, -0.1) is 0 Å². The molecule has 3 rings (SSSR count). The second-order valence-electron chi connectivity index (χ2n) is 5.27. The van der Waals surface area contributed by atoms with Crippen LogP contribution in [-0.2, 0) is 0 Å². The van der Waals surface area contributed by atoms with E-state index in [1.54, 1.807) is 11.3 Å². The molecular formula is C13H20N4S2. The van der Waals surface area contributed by atoms with Gasteiger partial charge in [0.15, 0.2) is 9.09 Å². The van der Waals surface area contributed by atoms with Crippen molar-refractivity contribution in [3.63, 3.8) is 0 Å². The van der Waals surface area contributed by atoms with Gasteiger partial charge in [0.25, 0.3) is 0 Å². The summed E-state index contributed by atoms with van der Waals surface area (Å²) in [5.41, 5.74) is 0. The van der Waals surface area contributed by atoms with Gasteiger partial charge in [0.1, 0.15) is 0 Å². The summed E-state index contributed by atoms with van der Waals surface area (Å²) in [6.45, 7) is 4.37. The van der Waals surface area contributed by atoms with Crippen molar-refractivity contribution in [2.45, 2.75) is 38.5 Å². The van der Waals surface area contributed by atoms with Crippen molar-refractivity contribution in [3.8, 4) is 0 Å².